The Morgan fingerprint density at radius 1 is 1.00 bits per heavy atom. The first-order valence-corrected chi connectivity index (χ1v) is 9.46. The summed E-state index contributed by atoms with van der Waals surface area (Å²) in [5.41, 5.74) is 5.56. The predicted molar refractivity (Wildman–Crippen MR) is 99.5 cm³/mol. The molecule has 3 heteroatoms. The molecule has 0 unspecified atom stereocenters. The second-order valence-corrected chi connectivity index (χ2v) is 7.32. The molecule has 3 nitrogen and oxygen atoms in total. The maximum absolute atomic E-state index is 10.5. The van der Waals surface area contributed by atoms with Crippen LogP contribution in [0.3, 0.4) is 0 Å². The molecule has 1 N–H and O–H groups in total. The molecule has 0 saturated heterocycles. The SMILES string of the molecule is O[C@H](CO[C@H]1CCCc2ccccc21)CN1CCc2ccccc2C1. The number of aliphatic hydroxyl groups excluding tert-OH is 1. The standard InChI is InChI=1S/C22H27NO2/c24-20(15-23-13-12-17-6-1-2-8-19(17)14-23)16-25-22-11-5-9-18-7-3-4-10-21(18)22/h1-4,6-8,10,20,22,24H,5,9,11-16H2/t20-,22-/m0/s1. The van der Waals surface area contributed by atoms with Crippen LogP contribution in [0.5, 0.6) is 0 Å². The van der Waals surface area contributed by atoms with E-state index in [-0.39, 0.29) is 6.10 Å². The summed E-state index contributed by atoms with van der Waals surface area (Å²) in [6.45, 7) is 3.04. The molecule has 0 saturated carbocycles. The van der Waals surface area contributed by atoms with Crippen LogP contribution in [0.4, 0.5) is 0 Å². The maximum atomic E-state index is 10.5. The highest BCUT2D eigenvalue weighted by Crippen LogP contribution is 2.32. The Hall–Kier alpha value is -1.68. The maximum Gasteiger partial charge on any atom is 0.0900 e. The number of aryl methyl sites for hydroxylation is 1. The van der Waals surface area contributed by atoms with E-state index < -0.39 is 6.10 Å². The van der Waals surface area contributed by atoms with E-state index in [2.05, 4.69) is 53.4 Å². The van der Waals surface area contributed by atoms with Gasteiger partial charge in [0, 0.05) is 19.6 Å². The van der Waals surface area contributed by atoms with Crippen LogP contribution < -0.4 is 0 Å². The van der Waals surface area contributed by atoms with Crippen molar-refractivity contribution < 1.29 is 9.84 Å². The van der Waals surface area contributed by atoms with Crippen LogP contribution in [-0.2, 0) is 24.1 Å². The molecule has 25 heavy (non-hydrogen) atoms. The third kappa shape index (κ3) is 3.95. The highest BCUT2D eigenvalue weighted by atomic mass is 16.5. The zero-order chi connectivity index (χ0) is 17.1. The van der Waals surface area contributed by atoms with Gasteiger partial charge in [-0.25, -0.2) is 0 Å². The minimum atomic E-state index is -0.431. The summed E-state index contributed by atoms with van der Waals surface area (Å²) >= 11 is 0. The van der Waals surface area contributed by atoms with Crippen molar-refractivity contribution in [1.82, 2.24) is 4.90 Å². The lowest BCUT2D eigenvalue weighted by molar-refractivity contribution is -0.0293. The van der Waals surface area contributed by atoms with Gasteiger partial charge in [0.2, 0.25) is 0 Å². The van der Waals surface area contributed by atoms with E-state index >= 15 is 0 Å². The summed E-state index contributed by atoms with van der Waals surface area (Å²) in [7, 11) is 0. The number of ether oxygens (including phenoxy) is 1. The van der Waals surface area contributed by atoms with Gasteiger partial charge in [0.05, 0.1) is 18.8 Å². The van der Waals surface area contributed by atoms with E-state index in [0.717, 1.165) is 32.4 Å². The van der Waals surface area contributed by atoms with Crippen molar-refractivity contribution in [2.75, 3.05) is 19.7 Å². The molecule has 0 amide bonds. The van der Waals surface area contributed by atoms with Crippen LogP contribution in [-0.4, -0.2) is 35.8 Å². The molecule has 4 rings (SSSR count). The van der Waals surface area contributed by atoms with Gasteiger partial charge in [-0.3, -0.25) is 4.90 Å². The van der Waals surface area contributed by atoms with Crippen LogP contribution in [0, 0.1) is 0 Å². The van der Waals surface area contributed by atoms with Gasteiger partial charge in [-0.15, -0.1) is 0 Å². The smallest absolute Gasteiger partial charge is 0.0900 e. The molecular weight excluding hydrogens is 310 g/mol. The molecule has 0 spiro atoms. The highest BCUT2D eigenvalue weighted by molar-refractivity contribution is 5.31. The molecule has 0 bridgehead atoms. The summed E-state index contributed by atoms with van der Waals surface area (Å²) in [5, 5.41) is 10.5. The highest BCUT2D eigenvalue weighted by Gasteiger charge is 2.23. The Morgan fingerprint density at radius 2 is 1.76 bits per heavy atom. The van der Waals surface area contributed by atoms with Gasteiger partial charge >= 0.3 is 0 Å². The normalized spacial score (nSPS) is 21.4. The zero-order valence-corrected chi connectivity index (χ0v) is 14.7. The van der Waals surface area contributed by atoms with Crippen molar-refractivity contribution in [3.8, 4) is 0 Å². The number of hydrogen-bond acceptors (Lipinski definition) is 3. The Kier molecular flexibility index (Phi) is 5.16. The van der Waals surface area contributed by atoms with Gasteiger partial charge in [0.15, 0.2) is 0 Å². The fourth-order valence-electron chi connectivity index (χ4n) is 4.17. The third-order valence-corrected chi connectivity index (χ3v) is 5.48. The Labute approximate surface area is 150 Å². The number of fused-ring (bicyclic) bond motifs is 2. The Morgan fingerprint density at radius 3 is 2.64 bits per heavy atom. The molecule has 2 atom stereocenters. The van der Waals surface area contributed by atoms with Gasteiger partial charge < -0.3 is 9.84 Å². The summed E-state index contributed by atoms with van der Waals surface area (Å²) < 4.78 is 6.11. The summed E-state index contributed by atoms with van der Waals surface area (Å²) in [4.78, 5) is 2.34. The fraction of sp³-hybridized carbons (Fsp3) is 0.455. The second-order valence-electron chi connectivity index (χ2n) is 7.32. The topological polar surface area (TPSA) is 32.7 Å². The van der Waals surface area contributed by atoms with Crippen molar-refractivity contribution in [1.29, 1.82) is 0 Å². The van der Waals surface area contributed by atoms with Crippen molar-refractivity contribution in [2.45, 2.75) is 44.4 Å². The average molecular weight is 337 g/mol. The molecule has 1 aliphatic carbocycles. The van der Waals surface area contributed by atoms with Crippen LogP contribution >= 0.6 is 0 Å². The predicted octanol–water partition coefficient (Wildman–Crippen LogP) is 3.50. The van der Waals surface area contributed by atoms with E-state index in [0.29, 0.717) is 13.2 Å². The summed E-state index contributed by atoms with van der Waals surface area (Å²) in [6.07, 6.45) is 4.15. The lowest BCUT2D eigenvalue weighted by atomic mass is 9.89. The van der Waals surface area contributed by atoms with E-state index in [4.69, 9.17) is 4.74 Å². The molecule has 2 aliphatic rings. The van der Waals surface area contributed by atoms with Gasteiger partial charge in [-0.2, -0.15) is 0 Å². The van der Waals surface area contributed by atoms with E-state index in [9.17, 15) is 5.11 Å². The minimum Gasteiger partial charge on any atom is -0.389 e. The van der Waals surface area contributed by atoms with Gasteiger partial charge in [-0.1, -0.05) is 48.5 Å². The zero-order valence-electron chi connectivity index (χ0n) is 14.7. The van der Waals surface area contributed by atoms with Crippen LogP contribution in [0.2, 0.25) is 0 Å². The number of hydrogen-bond donors (Lipinski definition) is 1. The van der Waals surface area contributed by atoms with Crippen LogP contribution in [0.25, 0.3) is 0 Å². The van der Waals surface area contributed by atoms with Crippen LogP contribution in [0.15, 0.2) is 48.5 Å². The number of β-amino-alcohol motifs (C(OH)–C–C–N with tert-alkyl or cyclic N) is 1. The average Bonchev–Trinajstić information content (AvgIpc) is 2.66. The lowest BCUT2D eigenvalue weighted by Crippen LogP contribution is -2.38. The van der Waals surface area contributed by atoms with Crippen molar-refractivity contribution in [2.24, 2.45) is 0 Å². The summed E-state index contributed by atoms with van der Waals surface area (Å²) in [6, 6.07) is 17.2. The first kappa shape index (κ1) is 16.8. The van der Waals surface area contributed by atoms with Crippen molar-refractivity contribution in [3.05, 3.63) is 70.8 Å². The lowest BCUT2D eigenvalue weighted by Gasteiger charge is -2.31. The first-order valence-electron chi connectivity index (χ1n) is 9.46. The quantitative estimate of drug-likeness (QED) is 0.906. The molecule has 132 valence electrons. The van der Waals surface area contributed by atoms with Gasteiger partial charge in [0.25, 0.3) is 0 Å². The number of aliphatic hydroxyl groups is 1. The fourth-order valence-corrected chi connectivity index (χ4v) is 4.17. The molecule has 0 aromatic heterocycles. The monoisotopic (exact) mass is 337 g/mol. The second kappa shape index (κ2) is 7.69. The Balaban J connectivity index is 1.30. The third-order valence-electron chi connectivity index (χ3n) is 5.48. The van der Waals surface area contributed by atoms with Crippen molar-refractivity contribution in [3.63, 3.8) is 0 Å². The largest absolute Gasteiger partial charge is 0.389 e. The van der Waals surface area contributed by atoms with E-state index in [1.54, 1.807) is 0 Å². The molecule has 1 heterocycles. The van der Waals surface area contributed by atoms with Crippen LogP contribution in [0.1, 0.15) is 41.2 Å². The van der Waals surface area contributed by atoms with Gasteiger partial charge in [0.1, 0.15) is 0 Å². The first-order chi connectivity index (χ1) is 12.3. The van der Waals surface area contributed by atoms with Crippen molar-refractivity contribution >= 4 is 0 Å². The molecule has 0 fully saturated rings. The number of benzene rings is 2. The molecule has 0 radical (unpaired) electrons. The Bertz CT molecular complexity index is 715. The molecule has 2 aromatic rings. The van der Waals surface area contributed by atoms with Gasteiger partial charge in [-0.05, 0) is 47.9 Å². The molecule has 2 aromatic carbocycles. The van der Waals surface area contributed by atoms with E-state index in [1.165, 1.54) is 28.7 Å². The molecular formula is C22H27NO2. The van der Waals surface area contributed by atoms with E-state index in [1.807, 2.05) is 0 Å². The molecule has 1 aliphatic heterocycles. The summed E-state index contributed by atoms with van der Waals surface area (Å²) in [5.74, 6) is 0. The minimum absolute atomic E-state index is 0.140. The number of nitrogens with zero attached hydrogens (tertiary/aromatic N) is 1. The number of rotatable bonds is 5.